The summed E-state index contributed by atoms with van der Waals surface area (Å²) in [5, 5.41) is 11.1. The highest BCUT2D eigenvalue weighted by molar-refractivity contribution is 6.30. The Morgan fingerprint density at radius 3 is 3.00 bits per heavy atom. The number of ether oxygens (including phenoxy) is 1. The van der Waals surface area contributed by atoms with Gasteiger partial charge in [-0.2, -0.15) is 0 Å². The Morgan fingerprint density at radius 2 is 2.29 bits per heavy atom. The molecule has 0 saturated carbocycles. The van der Waals surface area contributed by atoms with Crippen LogP contribution in [0.25, 0.3) is 0 Å². The van der Waals surface area contributed by atoms with E-state index in [1.54, 1.807) is 6.07 Å². The van der Waals surface area contributed by atoms with Crippen LogP contribution in [0, 0.1) is 5.92 Å². The van der Waals surface area contributed by atoms with Crippen molar-refractivity contribution in [1.29, 1.82) is 0 Å². The lowest BCUT2D eigenvalue weighted by molar-refractivity contribution is 0.119. The third-order valence-corrected chi connectivity index (χ3v) is 4.33. The van der Waals surface area contributed by atoms with Gasteiger partial charge in [-0.3, -0.25) is 0 Å². The van der Waals surface area contributed by atoms with Gasteiger partial charge in [-0.15, -0.1) is 0 Å². The molecule has 1 heterocycles. The van der Waals surface area contributed by atoms with E-state index in [-0.39, 0.29) is 0 Å². The molecule has 21 heavy (non-hydrogen) atoms. The van der Waals surface area contributed by atoms with Crippen LogP contribution >= 0.6 is 11.6 Å². The fraction of sp³-hybridized carbons (Fsp3) is 0.647. The predicted octanol–water partition coefficient (Wildman–Crippen LogP) is 3.89. The SMILES string of the molecule is CCOc1ccc(Cl)cc1C(O)CCN1CCCC(C)C1. The third-order valence-electron chi connectivity index (χ3n) is 4.09. The van der Waals surface area contributed by atoms with Gasteiger partial charge in [0.1, 0.15) is 5.75 Å². The van der Waals surface area contributed by atoms with Crippen molar-refractivity contribution in [2.75, 3.05) is 26.2 Å². The highest BCUT2D eigenvalue weighted by Gasteiger charge is 2.19. The summed E-state index contributed by atoms with van der Waals surface area (Å²) in [5.41, 5.74) is 0.800. The van der Waals surface area contributed by atoms with Gasteiger partial charge in [0.15, 0.2) is 0 Å². The van der Waals surface area contributed by atoms with E-state index in [2.05, 4.69) is 11.8 Å². The molecule has 2 rings (SSSR count). The van der Waals surface area contributed by atoms with Crippen LogP contribution in [-0.2, 0) is 0 Å². The van der Waals surface area contributed by atoms with Gasteiger partial charge in [0, 0.05) is 23.7 Å². The second kappa shape index (κ2) is 8.02. The topological polar surface area (TPSA) is 32.7 Å². The molecular formula is C17H26ClNO2. The number of hydrogen-bond acceptors (Lipinski definition) is 3. The molecule has 0 radical (unpaired) electrons. The van der Waals surface area contributed by atoms with Gasteiger partial charge in [0.2, 0.25) is 0 Å². The maximum absolute atomic E-state index is 10.5. The summed E-state index contributed by atoms with van der Waals surface area (Å²) in [6.45, 7) is 8.03. The minimum atomic E-state index is -0.525. The van der Waals surface area contributed by atoms with E-state index < -0.39 is 6.10 Å². The van der Waals surface area contributed by atoms with Crippen molar-refractivity contribution in [3.05, 3.63) is 28.8 Å². The summed E-state index contributed by atoms with van der Waals surface area (Å²) in [6.07, 6.45) is 2.77. The third kappa shape index (κ3) is 4.87. The number of halogens is 1. The summed E-state index contributed by atoms with van der Waals surface area (Å²) in [7, 11) is 0. The molecule has 118 valence electrons. The van der Waals surface area contributed by atoms with Gasteiger partial charge in [-0.05, 0) is 56.8 Å². The minimum Gasteiger partial charge on any atom is -0.493 e. The number of piperidine rings is 1. The highest BCUT2D eigenvalue weighted by atomic mass is 35.5. The quantitative estimate of drug-likeness (QED) is 0.865. The van der Waals surface area contributed by atoms with Gasteiger partial charge in [-0.25, -0.2) is 0 Å². The summed E-state index contributed by atoms with van der Waals surface area (Å²) >= 11 is 6.05. The zero-order valence-corrected chi connectivity index (χ0v) is 13.8. The molecule has 4 heteroatoms. The van der Waals surface area contributed by atoms with Gasteiger partial charge < -0.3 is 14.7 Å². The molecule has 1 aliphatic rings. The number of aliphatic hydroxyl groups is 1. The van der Waals surface area contributed by atoms with Gasteiger partial charge in [0.05, 0.1) is 12.7 Å². The molecule has 0 aliphatic carbocycles. The zero-order valence-electron chi connectivity index (χ0n) is 13.0. The van der Waals surface area contributed by atoms with Gasteiger partial charge >= 0.3 is 0 Å². The van der Waals surface area contributed by atoms with Crippen LogP contribution in [-0.4, -0.2) is 36.2 Å². The Morgan fingerprint density at radius 1 is 1.48 bits per heavy atom. The molecule has 1 aromatic carbocycles. The lowest BCUT2D eigenvalue weighted by Gasteiger charge is -2.31. The first kappa shape index (κ1) is 16.6. The Balaban J connectivity index is 1.95. The Bertz CT molecular complexity index is 452. The van der Waals surface area contributed by atoms with Crippen molar-refractivity contribution in [1.82, 2.24) is 4.90 Å². The number of likely N-dealkylation sites (tertiary alicyclic amines) is 1. The van der Waals surface area contributed by atoms with E-state index in [1.807, 2.05) is 19.1 Å². The second-order valence-electron chi connectivity index (χ2n) is 5.97. The molecule has 1 aromatic rings. The number of hydrogen-bond donors (Lipinski definition) is 1. The molecule has 0 spiro atoms. The van der Waals surface area contributed by atoms with E-state index in [1.165, 1.54) is 12.8 Å². The monoisotopic (exact) mass is 311 g/mol. The van der Waals surface area contributed by atoms with E-state index in [0.717, 1.165) is 36.9 Å². The molecule has 1 N–H and O–H groups in total. The first-order chi connectivity index (χ1) is 10.1. The molecule has 1 aliphatic heterocycles. The normalized spacial score (nSPS) is 21.2. The summed E-state index contributed by atoms with van der Waals surface area (Å²) < 4.78 is 5.59. The summed E-state index contributed by atoms with van der Waals surface area (Å²) in [5.74, 6) is 1.50. The zero-order chi connectivity index (χ0) is 15.2. The first-order valence-corrected chi connectivity index (χ1v) is 8.30. The smallest absolute Gasteiger partial charge is 0.125 e. The molecule has 0 aromatic heterocycles. The molecule has 1 fully saturated rings. The van der Waals surface area contributed by atoms with Crippen molar-refractivity contribution in [3.8, 4) is 5.75 Å². The largest absolute Gasteiger partial charge is 0.493 e. The van der Waals surface area contributed by atoms with Crippen molar-refractivity contribution in [2.45, 2.75) is 39.2 Å². The van der Waals surface area contributed by atoms with Crippen molar-refractivity contribution in [3.63, 3.8) is 0 Å². The van der Waals surface area contributed by atoms with Crippen molar-refractivity contribution < 1.29 is 9.84 Å². The van der Waals surface area contributed by atoms with Crippen LogP contribution in [0.5, 0.6) is 5.75 Å². The number of aliphatic hydroxyl groups excluding tert-OH is 1. The molecule has 2 atom stereocenters. The fourth-order valence-electron chi connectivity index (χ4n) is 3.02. The first-order valence-electron chi connectivity index (χ1n) is 7.92. The maximum atomic E-state index is 10.5. The van der Waals surface area contributed by atoms with Crippen molar-refractivity contribution in [2.24, 2.45) is 5.92 Å². The Hall–Kier alpha value is -0.770. The van der Waals surface area contributed by atoms with Crippen LogP contribution in [0.15, 0.2) is 18.2 Å². The van der Waals surface area contributed by atoms with E-state index >= 15 is 0 Å². The average molecular weight is 312 g/mol. The highest BCUT2D eigenvalue weighted by Crippen LogP contribution is 2.30. The Kier molecular flexibility index (Phi) is 6.34. The number of rotatable bonds is 6. The summed E-state index contributed by atoms with van der Waals surface area (Å²) in [4.78, 5) is 2.45. The molecule has 1 saturated heterocycles. The Labute approximate surface area is 132 Å². The lowest BCUT2D eigenvalue weighted by atomic mass is 9.99. The van der Waals surface area contributed by atoms with Crippen molar-refractivity contribution >= 4 is 11.6 Å². The molecular weight excluding hydrogens is 286 g/mol. The van der Waals surface area contributed by atoms with Crippen LogP contribution < -0.4 is 4.74 Å². The standard InChI is InChI=1S/C17H26ClNO2/c1-3-21-17-7-6-14(18)11-15(17)16(20)8-10-19-9-4-5-13(2)12-19/h6-7,11,13,16,20H,3-5,8-10,12H2,1-2H3. The van der Waals surface area contributed by atoms with Crippen LogP contribution in [0.4, 0.5) is 0 Å². The van der Waals surface area contributed by atoms with Gasteiger partial charge in [-0.1, -0.05) is 18.5 Å². The molecule has 0 bridgehead atoms. The molecule has 2 unspecified atom stereocenters. The van der Waals surface area contributed by atoms with Crippen LogP contribution in [0.2, 0.25) is 5.02 Å². The van der Waals surface area contributed by atoms with Gasteiger partial charge in [0.25, 0.3) is 0 Å². The predicted molar refractivity (Wildman–Crippen MR) is 87.0 cm³/mol. The fourth-order valence-corrected chi connectivity index (χ4v) is 3.20. The van der Waals surface area contributed by atoms with E-state index in [4.69, 9.17) is 16.3 Å². The summed E-state index contributed by atoms with van der Waals surface area (Å²) in [6, 6.07) is 5.46. The minimum absolute atomic E-state index is 0.525. The number of benzene rings is 1. The maximum Gasteiger partial charge on any atom is 0.125 e. The molecule has 0 amide bonds. The van der Waals surface area contributed by atoms with E-state index in [9.17, 15) is 5.11 Å². The lowest BCUT2D eigenvalue weighted by Crippen LogP contribution is -2.35. The molecule has 3 nitrogen and oxygen atoms in total. The average Bonchev–Trinajstić information content (AvgIpc) is 2.47. The number of nitrogens with zero attached hydrogens (tertiary/aromatic N) is 1. The van der Waals surface area contributed by atoms with Crippen LogP contribution in [0.1, 0.15) is 44.8 Å². The van der Waals surface area contributed by atoms with Crippen LogP contribution in [0.3, 0.4) is 0 Å². The van der Waals surface area contributed by atoms with E-state index in [0.29, 0.717) is 18.1 Å². The second-order valence-corrected chi connectivity index (χ2v) is 6.40.